The summed E-state index contributed by atoms with van der Waals surface area (Å²) in [5.41, 5.74) is 11.7. The fourth-order valence-corrected chi connectivity index (χ4v) is 3.53. The van der Waals surface area contributed by atoms with Gasteiger partial charge in [-0.2, -0.15) is 0 Å². The van der Waals surface area contributed by atoms with Crippen LogP contribution in [0.2, 0.25) is 0 Å². The number of hydrogen-bond acceptors (Lipinski definition) is 4. The molecule has 1 aromatic heterocycles. The van der Waals surface area contributed by atoms with Gasteiger partial charge in [0.05, 0.1) is 12.6 Å². The molecule has 0 aliphatic heterocycles. The van der Waals surface area contributed by atoms with E-state index in [1.54, 1.807) is 11.3 Å². The molecule has 20 heavy (non-hydrogen) atoms. The normalized spacial score (nSPS) is 14.8. The smallest absolute Gasteiger partial charge is 0.231 e. The topological polar surface area (TPSA) is 72.3 Å². The lowest BCUT2D eigenvalue weighted by atomic mass is 10.0. The van der Waals surface area contributed by atoms with Crippen LogP contribution >= 0.6 is 11.3 Å². The molecular formula is C15H27N3OS. The first kappa shape index (κ1) is 17.1. The molecule has 0 aliphatic rings. The van der Waals surface area contributed by atoms with Gasteiger partial charge in [-0.25, -0.2) is 0 Å². The molecule has 5 heteroatoms. The van der Waals surface area contributed by atoms with Crippen LogP contribution in [0.5, 0.6) is 0 Å². The van der Waals surface area contributed by atoms with Crippen molar-refractivity contribution < 1.29 is 4.79 Å². The minimum Gasteiger partial charge on any atom is -0.369 e. The van der Waals surface area contributed by atoms with E-state index < -0.39 is 0 Å². The lowest BCUT2D eigenvalue weighted by molar-refractivity contribution is -0.120. The number of carbonyl (C=O) groups is 1. The van der Waals surface area contributed by atoms with Crippen LogP contribution < -0.4 is 11.5 Å². The fourth-order valence-electron chi connectivity index (χ4n) is 2.44. The summed E-state index contributed by atoms with van der Waals surface area (Å²) < 4.78 is 0. The Morgan fingerprint density at radius 2 is 2.05 bits per heavy atom. The van der Waals surface area contributed by atoms with E-state index in [2.05, 4.69) is 44.7 Å². The highest BCUT2D eigenvalue weighted by atomic mass is 32.1. The van der Waals surface area contributed by atoms with Crippen LogP contribution in [0.4, 0.5) is 0 Å². The largest absolute Gasteiger partial charge is 0.369 e. The molecule has 0 aliphatic carbocycles. The van der Waals surface area contributed by atoms with Crippen molar-refractivity contribution in [3.63, 3.8) is 0 Å². The molecule has 0 saturated carbocycles. The summed E-state index contributed by atoms with van der Waals surface area (Å²) in [6.07, 6.45) is 0.870. The van der Waals surface area contributed by atoms with Gasteiger partial charge in [0.1, 0.15) is 0 Å². The Hall–Kier alpha value is -0.910. The van der Waals surface area contributed by atoms with Crippen LogP contribution in [0.15, 0.2) is 12.1 Å². The van der Waals surface area contributed by atoms with Gasteiger partial charge < -0.3 is 11.5 Å². The Morgan fingerprint density at radius 1 is 1.40 bits per heavy atom. The third kappa shape index (κ3) is 4.89. The number of nitrogens with zero attached hydrogens (tertiary/aromatic N) is 1. The number of thiophene rings is 1. The number of carbonyl (C=O) groups excluding carboxylic acids is 1. The molecule has 2 unspecified atom stereocenters. The highest BCUT2D eigenvalue weighted by molar-refractivity contribution is 7.12. The molecular weight excluding hydrogens is 270 g/mol. The Morgan fingerprint density at radius 3 is 2.45 bits per heavy atom. The molecule has 1 aromatic rings. The van der Waals surface area contributed by atoms with Crippen molar-refractivity contribution in [2.45, 2.75) is 46.2 Å². The molecule has 0 spiro atoms. The van der Waals surface area contributed by atoms with E-state index in [0.717, 1.165) is 13.0 Å². The summed E-state index contributed by atoms with van der Waals surface area (Å²) in [5, 5.41) is 0. The number of nitrogens with two attached hydrogens (primary N) is 2. The Balaban J connectivity index is 3.06. The maximum atomic E-state index is 11.4. The van der Waals surface area contributed by atoms with Crippen molar-refractivity contribution in [2.24, 2.45) is 17.4 Å². The standard InChI is InChI=1S/C15H27N3OS/c1-5-12(16)15(13-7-6-11(4)20-13)18(8-10(2)3)9-14(17)19/h6-7,10,12,15H,5,8-9,16H2,1-4H3,(H2,17,19). The van der Waals surface area contributed by atoms with E-state index >= 15 is 0 Å². The van der Waals surface area contributed by atoms with Gasteiger partial charge in [0.25, 0.3) is 0 Å². The number of primary amides is 1. The minimum atomic E-state index is -0.299. The van der Waals surface area contributed by atoms with E-state index in [0.29, 0.717) is 5.92 Å². The highest BCUT2D eigenvalue weighted by Gasteiger charge is 2.28. The molecule has 0 aromatic carbocycles. The summed E-state index contributed by atoms with van der Waals surface area (Å²) in [5.74, 6) is 0.161. The SMILES string of the molecule is CCC(N)C(c1ccc(C)s1)N(CC(N)=O)CC(C)C. The third-order valence-corrected chi connectivity index (χ3v) is 4.35. The second-order valence-electron chi connectivity index (χ2n) is 5.75. The molecule has 0 fully saturated rings. The quantitative estimate of drug-likeness (QED) is 0.773. The van der Waals surface area contributed by atoms with Gasteiger partial charge in [0.2, 0.25) is 5.91 Å². The zero-order chi connectivity index (χ0) is 15.3. The van der Waals surface area contributed by atoms with Gasteiger partial charge in [0.15, 0.2) is 0 Å². The molecule has 114 valence electrons. The molecule has 4 N–H and O–H groups in total. The van der Waals surface area contributed by atoms with Gasteiger partial charge in [-0.1, -0.05) is 20.8 Å². The number of aryl methyl sites for hydroxylation is 1. The summed E-state index contributed by atoms with van der Waals surface area (Å²) in [4.78, 5) is 16.0. The van der Waals surface area contributed by atoms with Crippen LogP contribution in [-0.2, 0) is 4.79 Å². The van der Waals surface area contributed by atoms with E-state index in [1.807, 2.05) is 0 Å². The van der Waals surface area contributed by atoms with Gasteiger partial charge in [-0.15, -0.1) is 11.3 Å². The molecule has 4 nitrogen and oxygen atoms in total. The fraction of sp³-hybridized carbons (Fsp3) is 0.667. The first-order valence-electron chi connectivity index (χ1n) is 7.19. The second-order valence-corrected chi connectivity index (χ2v) is 7.07. The average molecular weight is 297 g/mol. The predicted molar refractivity (Wildman–Crippen MR) is 85.7 cm³/mol. The van der Waals surface area contributed by atoms with Crippen LogP contribution in [0.1, 0.15) is 43.0 Å². The van der Waals surface area contributed by atoms with Gasteiger partial charge in [0, 0.05) is 22.3 Å². The Labute approximate surface area is 126 Å². The van der Waals surface area contributed by atoms with Crippen molar-refractivity contribution in [3.8, 4) is 0 Å². The molecule has 0 saturated heterocycles. The zero-order valence-corrected chi connectivity index (χ0v) is 13.7. The molecule has 0 bridgehead atoms. The summed E-state index contributed by atoms with van der Waals surface area (Å²) in [6.45, 7) is 9.52. The summed E-state index contributed by atoms with van der Waals surface area (Å²) in [6, 6.07) is 4.29. The minimum absolute atomic E-state index is 0.00569. The van der Waals surface area contributed by atoms with Crippen LogP contribution in [0.3, 0.4) is 0 Å². The van der Waals surface area contributed by atoms with E-state index in [1.165, 1.54) is 9.75 Å². The van der Waals surface area contributed by atoms with E-state index in [4.69, 9.17) is 11.5 Å². The van der Waals surface area contributed by atoms with Crippen LogP contribution in [0, 0.1) is 12.8 Å². The van der Waals surface area contributed by atoms with Gasteiger partial charge in [-0.05, 0) is 31.4 Å². The number of amides is 1. The molecule has 0 radical (unpaired) electrons. The first-order chi connectivity index (χ1) is 9.35. The summed E-state index contributed by atoms with van der Waals surface area (Å²) in [7, 11) is 0. The van der Waals surface area contributed by atoms with Crippen molar-refractivity contribution in [1.82, 2.24) is 4.90 Å². The van der Waals surface area contributed by atoms with Crippen molar-refractivity contribution in [3.05, 3.63) is 21.9 Å². The highest BCUT2D eigenvalue weighted by Crippen LogP contribution is 2.31. The van der Waals surface area contributed by atoms with Crippen molar-refractivity contribution in [1.29, 1.82) is 0 Å². The molecule has 1 rings (SSSR count). The van der Waals surface area contributed by atoms with E-state index in [9.17, 15) is 4.79 Å². The average Bonchev–Trinajstić information content (AvgIpc) is 2.74. The van der Waals surface area contributed by atoms with Crippen molar-refractivity contribution >= 4 is 17.2 Å². The number of hydrogen-bond donors (Lipinski definition) is 2. The predicted octanol–water partition coefficient (Wildman–Crippen LogP) is 2.28. The maximum absolute atomic E-state index is 11.4. The first-order valence-corrected chi connectivity index (χ1v) is 8.01. The molecule has 1 amide bonds. The van der Waals surface area contributed by atoms with Crippen molar-refractivity contribution in [2.75, 3.05) is 13.1 Å². The second kappa shape index (κ2) is 7.76. The van der Waals surface area contributed by atoms with Crippen LogP contribution in [-0.4, -0.2) is 29.9 Å². The zero-order valence-electron chi connectivity index (χ0n) is 12.9. The maximum Gasteiger partial charge on any atom is 0.231 e. The molecule has 2 atom stereocenters. The lowest BCUT2D eigenvalue weighted by Gasteiger charge is -2.35. The Kier molecular flexibility index (Phi) is 6.65. The van der Waals surface area contributed by atoms with E-state index in [-0.39, 0.29) is 24.5 Å². The van der Waals surface area contributed by atoms with Crippen LogP contribution in [0.25, 0.3) is 0 Å². The number of rotatable bonds is 8. The van der Waals surface area contributed by atoms with Gasteiger partial charge in [-0.3, -0.25) is 9.69 Å². The lowest BCUT2D eigenvalue weighted by Crippen LogP contribution is -2.45. The third-order valence-electron chi connectivity index (χ3n) is 3.28. The Bertz CT molecular complexity index is 431. The molecule has 1 heterocycles. The van der Waals surface area contributed by atoms with Gasteiger partial charge >= 0.3 is 0 Å². The monoisotopic (exact) mass is 297 g/mol. The summed E-state index contributed by atoms with van der Waals surface area (Å²) >= 11 is 1.75.